The minimum atomic E-state index is -1.76. The van der Waals surface area contributed by atoms with Gasteiger partial charge in [0.2, 0.25) is 0 Å². The second kappa shape index (κ2) is 8.97. The highest BCUT2D eigenvalue weighted by Gasteiger charge is 2.40. The van der Waals surface area contributed by atoms with Crippen LogP contribution in [0.25, 0.3) is 0 Å². The number of methoxy groups -OCH3 is 1. The molecule has 1 aromatic rings. The molecule has 128 valence electrons. The van der Waals surface area contributed by atoms with Crippen LogP contribution in [0.4, 0.5) is 0 Å². The Hall–Kier alpha value is -2.48. The third-order valence-electron chi connectivity index (χ3n) is 2.83. The number of aldehydes is 1. The molecule has 0 spiro atoms. The first-order valence-corrected chi connectivity index (χ1v) is 7.60. The molecule has 0 aromatic heterocycles. The van der Waals surface area contributed by atoms with Crippen molar-refractivity contribution < 1.29 is 33.4 Å². The van der Waals surface area contributed by atoms with E-state index in [1.54, 1.807) is 19.1 Å². The molecule has 0 saturated carbocycles. The summed E-state index contributed by atoms with van der Waals surface area (Å²) in [5.74, 6) is -2.57. The third-order valence-corrected chi connectivity index (χ3v) is 3.87. The topological polar surface area (TPSA) is 96.0 Å². The zero-order valence-corrected chi connectivity index (χ0v) is 14.6. The Balaban J connectivity index is 2.87. The number of rotatable bonds is 7. The van der Waals surface area contributed by atoms with Crippen LogP contribution < -0.4 is 4.74 Å². The smallest absolute Gasteiger partial charge is 0.367 e. The van der Waals surface area contributed by atoms with Crippen molar-refractivity contribution in [2.45, 2.75) is 17.9 Å². The molecule has 1 aromatic carbocycles. The fraction of sp³-hybridized carbons (Fsp3) is 0.250. The Kier molecular flexibility index (Phi) is 7.31. The van der Waals surface area contributed by atoms with Crippen molar-refractivity contribution >= 4 is 40.1 Å². The molecule has 0 aliphatic carbocycles. The molecule has 0 bridgehead atoms. The molecule has 0 N–H and O–H groups in total. The van der Waals surface area contributed by atoms with Crippen molar-refractivity contribution in [3.63, 3.8) is 0 Å². The number of para-hydroxylation sites is 1. The standard InChI is InChI=1S/C16H15BrO7/c1-3-16(17,24-14(20)9-8-13(19)22-2)15(21)23-12-7-5-4-6-11(12)10-18/h4-10H,3H2,1-2H3. The van der Waals surface area contributed by atoms with Crippen molar-refractivity contribution in [3.05, 3.63) is 42.0 Å². The Morgan fingerprint density at radius 3 is 2.38 bits per heavy atom. The first-order chi connectivity index (χ1) is 11.4. The number of halogens is 1. The summed E-state index contributed by atoms with van der Waals surface area (Å²) in [5, 5.41) is 0. The summed E-state index contributed by atoms with van der Waals surface area (Å²) in [6.07, 6.45) is 2.27. The van der Waals surface area contributed by atoms with Crippen molar-refractivity contribution in [1.82, 2.24) is 0 Å². The summed E-state index contributed by atoms with van der Waals surface area (Å²) in [7, 11) is 1.15. The predicted octanol–water partition coefficient (Wildman–Crippen LogP) is 2.18. The number of ether oxygens (including phenoxy) is 3. The number of carbonyl (C=O) groups is 4. The van der Waals surface area contributed by atoms with E-state index in [4.69, 9.17) is 9.47 Å². The molecule has 1 unspecified atom stereocenters. The lowest BCUT2D eigenvalue weighted by atomic mass is 10.2. The maximum Gasteiger partial charge on any atom is 0.367 e. The summed E-state index contributed by atoms with van der Waals surface area (Å²) in [6, 6.07) is 6.11. The van der Waals surface area contributed by atoms with Crippen molar-refractivity contribution in [2.24, 2.45) is 0 Å². The third kappa shape index (κ3) is 5.31. The monoisotopic (exact) mass is 398 g/mol. The quantitative estimate of drug-likeness (QED) is 0.228. The fourth-order valence-corrected chi connectivity index (χ4v) is 1.74. The van der Waals surface area contributed by atoms with E-state index in [2.05, 4.69) is 20.7 Å². The van der Waals surface area contributed by atoms with Crippen LogP contribution in [0.2, 0.25) is 0 Å². The number of benzene rings is 1. The van der Waals surface area contributed by atoms with E-state index in [-0.39, 0.29) is 17.7 Å². The van der Waals surface area contributed by atoms with Crippen LogP contribution in [0, 0.1) is 0 Å². The molecule has 0 fully saturated rings. The first-order valence-electron chi connectivity index (χ1n) is 6.80. The normalized spacial score (nSPS) is 13.0. The minimum Gasteiger partial charge on any atom is -0.466 e. The van der Waals surface area contributed by atoms with Crippen molar-refractivity contribution in [2.75, 3.05) is 7.11 Å². The molecule has 0 heterocycles. The van der Waals surface area contributed by atoms with Crippen molar-refractivity contribution in [3.8, 4) is 5.75 Å². The molecule has 0 aliphatic heterocycles. The summed E-state index contributed by atoms with van der Waals surface area (Å²) in [4.78, 5) is 45.9. The van der Waals surface area contributed by atoms with E-state index in [0.717, 1.165) is 19.3 Å². The van der Waals surface area contributed by atoms with Gasteiger partial charge >= 0.3 is 17.9 Å². The lowest BCUT2D eigenvalue weighted by Crippen LogP contribution is -2.39. The van der Waals surface area contributed by atoms with Crippen LogP contribution in [-0.4, -0.2) is 35.8 Å². The second-order valence-electron chi connectivity index (χ2n) is 4.40. The average molecular weight is 399 g/mol. The number of alkyl halides is 1. The van der Waals surface area contributed by atoms with E-state index < -0.39 is 22.4 Å². The Morgan fingerprint density at radius 2 is 1.79 bits per heavy atom. The Bertz CT molecular complexity index is 668. The van der Waals surface area contributed by atoms with Gasteiger partial charge in [-0.15, -0.1) is 0 Å². The molecule has 8 heteroatoms. The molecule has 0 amide bonds. The van der Waals surface area contributed by atoms with Crippen LogP contribution in [0.3, 0.4) is 0 Å². The number of esters is 3. The predicted molar refractivity (Wildman–Crippen MR) is 86.7 cm³/mol. The Labute approximate surface area is 146 Å². The van der Waals surface area contributed by atoms with Crippen molar-refractivity contribution in [1.29, 1.82) is 0 Å². The van der Waals surface area contributed by atoms with Gasteiger partial charge in [0.15, 0.2) is 6.29 Å². The highest BCUT2D eigenvalue weighted by atomic mass is 79.9. The average Bonchev–Trinajstić information content (AvgIpc) is 2.59. The van der Waals surface area contributed by atoms with E-state index >= 15 is 0 Å². The summed E-state index contributed by atoms with van der Waals surface area (Å²) in [5.41, 5.74) is 0.175. The van der Waals surface area contributed by atoms with Gasteiger partial charge in [-0.3, -0.25) is 4.79 Å². The Morgan fingerprint density at radius 1 is 1.17 bits per heavy atom. The molecule has 1 rings (SSSR count). The maximum atomic E-state index is 12.3. The summed E-state index contributed by atoms with van der Waals surface area (Å²) in [6.45, 7) is 1.58. The molecule has 0 radical (unpaired) electrons. The zero-order valence-electron chi connectivity index (χ0n) is 13.0. The van der Waals surface area contributed by atoms with E-state index in [1.165, 1.54) is 12.1 Å². The lowest BCUT2D eigenvalue weighted by molar-refractivity contribution is -0.162. The van der Waals surface area contributed by atoms with E-state index in [9.17, 15) is 19.2 Å². The molecule has 0 aliphatic rings. The van der Waals surface area contributed by atoms with Gasteiger partial charge < -0.3 is 14.2 Å². The molecule has 1 atom stereocenters. The van der Waals surface area contributed by atoms with Gasteiger partial charge in [-0.1, -0.05) is 19.1 Å². The minimum absolute atomic E-state index is 0.0379. The van der Waals surface area contributed by atoms with Gasteiger partial charge in [-0.2, -0.15) is 0 Å². The van der Waals surface area contributed by atoms with Gasteiger partial charge in [0.1, 0.15) is 5.75 Å². The summed E-state index contributed by atoms with van der Waals surface area (Å²) >= 11 is 3.02. The van der Waals surface area contributed by atoms with Gasteiger partial charge in [0.25, 0.3) is 4.51 Å². The number of hydrogen-bond donors (Lipinski definition) is 0. The van der Waals surface area contributed by atoms with Crippen LogP contribution >= 0.6 is 15.9 Å². The van der Waals surface area contributed by atoms with Gasteiger partial charge in [0.05, 0.1) is 12.7 Å². The van der Waals surface area contributed by atoms with E-state index in [0.29, 0.717) is 6.29 Å². The van der Waals surface area contributed by atoms with Crippen LogP contribution in [0.1, 0.15) is 23.7 Å². The van der Waals surface area contributed by atoms with E-state index in [1.807, 2.05) is 0 Å². The van der Waals surface area contributed by atoms with Crippen LogP contribution in [0.5, 0.6) is 5.75 Å². The number of hydrogen-bond acceptors (Lipinski definition) is 7. The zero-order chi connectivity index (χ0) is 18.2. The fourth-order valence-electron chi connectivity index (χ4n) is 1.50. The highest BCUT2D eigenvalue weighted by molar-refractivity contribution is 9.10. The largest absolute Gasteiger partial charge is 0.466 e. The van der Waals surface area contributed by atoms with Crippen LogP contribution in [-0.2, 0) is 23.9 Å². The SMILES string of the molecule is CCC(Br)(OC(=O)C=CC(=O)OC)C(=O)Oc1ccccc1C=O. The van der Waals surface area contributed by atoms with Gasteiger partial charge in [0, 0.05) is 18.6 Å². The molecular formula is C16H15BrO7. The highest BCUT2D eigenvalue weighted by Crippen LogP contribution is 2.28. The maximum absolute atomic E-state index is 12.3. The molecule has 0 saturated heterocycles. The molecule has 24 heavy (non-hydrogen) atoms. The first kappa shape index (κ1) is 19.6. The van der Waals surface area contributed by atoms with Crippen LogP contribution in [0.15, 0.2) is 36.4 Å². The molecule has 7 nitrogen and oxygen atoms in total. The lowest BCUT2D eigenvalue weighted by Gasteiger charge is -2.23. The molecular weight excluding hydrogens is 384 g/mol. The van der Waals surface area contributed by atoms with Gasteiger partial charge in [-0.25, -0.2) is 14.4 Å². The number of carbonyl (C=O) groups excluding carboxylic acids is 4. The summed E-state index contributed by atoms with van der Waals surface area (Å²) < 4.78 is 12.7. The second-order valence-corrected chi connectivity index (χ2v) is 5.69. The van der Waals surface area contributed by atoms with Gasteiger partial charge in [-0.05, 0) is 28.1 Å².